The first-order valence-electron chi connectivity index (χ1n) is 13.5. The number of Topliss-reactive ketones (excluding diaryl/α,β-unsaturated/α-hetero) is 1. The Balaban J connectivity index is 1.59. The highest BCUT2D eigenvalue weighted by molar-refractivity contribution is 5.87. The molecule has 5 aliphatic carbocycles. The van der Waals surface area contributed by atoms with E-state index in [-0.39, 0.29) is 10.8 Å². The smallest absolute Gasteiger partial charge is 0.139 e. The highest BCUT2D eigenvalue weighted by Gasteiger charge is 2.70. The van der Waals surface area contributed by atoms with Gasteiger partial charge < -0.3 is 0 Å². The summed E-state index contributed by atoms with van der Waals surface area (Å²) in [7, 11) is 0. The summed E-state index contributed by atoms with van der Waals surface area (Å²) in [5.74, 6) is 4.02. The van der Waals surface area contributed by atoms with Crippen LogP contribution < -0.4 is 0 Å². The number of carbonyl (C=O) groups excluding carboxylic acids is 1. The highest BCUT2D eigenvalue weighted by atomic mass is 16.1. The Labute approximate surface area is 192 Å². The van der Waals surface area contributed by atoms with Crippen LogP contribution in [0.25, 0.3) is 0 Å². The van der Waals surface area contributed by atoms with Crippen molar-refractivity contribution < 1.29 is 4.79 Å². The van der Waals surface area contributed by atoms with Crippen LogP contribution in [0.5, 0.6) is 0 Å². The van der Waals surface area contributed by atoms with Crippen molar-refractivity contribution in [1.82, 2.24) is 0 Å². The lowest BCUT2D eigenvalue weighted by Gasteiger charge is -2.73. The van der Waals surface area contributed by atoms with Gasteiger partial charge in [0.1, 0.15) is 5.78 Å². The van der Waals surface area contributed by atoms with E-state index in [0.717, 1.165) is 24.7 Å². The van der Waals surface area contributed by atoms with E-state index < -0.39 is 0 Å². The van der Waals surface area contributed by atoms with Gasteiger partial charge in [0.2, 0.25) is 0 Å². The molecule has 0 spiro atoms. The Hall–Kier alpha value is -0.590. The summed E-state index contributed by atoms with van der Waals surface area (Å²) in [6.45, 7) is 20.1. The average Bonchev–Trinajstić information content (AvgIpc) is 2.66. The Kier molecular flexibility index (Phi) is 4.66. The first kappa shape index (κ1) is 22.2. The van der Waals surface area contributed by atoms with Crippen LogP contribution in [0.15, 0.2) is 11.6 Å². The van der Waals surface area contributed by atoms with Gasteiger partial charge in [-0.2, -0.15) is 0 Å². The maximum Gasteiger partial charge on any atom is 0.139 e. The van der Waals surface area contributed by atoms with Crippen molar-refractivity contribution in [3.05, 3.63) is 11.6 Å². The number of ketones is 1. The molecule has 0 aromatic carbocycles. The van der Waals surface area contributed by atoms with E-state index in [1.807, 2.05) is 0 Å². The predicted octanol–water partition coefficient (Wildman–Crippen LogP) is 8.23. The van der Waals surface area contributed by atoms with E-state index in [1.54, 1.807) is 0 Å². The second kappa shape index (κ2) is 6.50. The Morgan fingerprint density at radius 1 is 0.871 bits per heavy atom. The van der Waals surface area contributed by atoms with Crippen LogP contribution in [0.4, 0.5) is 0 Å². The largest absolute Gasteiger partial charge is 0.299 e. The molecule has 0 bridgehead atoms. The predicted molar refractivity (Wildman–Crippen MR) is 130 cm³/mol. The molecule has 1 heteroatoms. The lowest BCUT2D eigenvalue weighted by Crippen LogP contribution is -2.67. The molecule has 1 nitrogen and oxygen atoms in total. The molecule has 0 saturated heterocycles. The van der Waals surface area contributed by atoms with Gasteiger partial charge in [0.15, 0.2) is 0 Å². The van der Waals surface area contributed by atoms with Crippen molar-refractivity contribution in [2.45, 2.75) is 113 Å². The second-order valence-corrected chi connectivity index (χ2v) is 14.5. The first-order chi connectivity index (χ1) is 14.3. The van der Waals surface area contributed by atoms with Crippen molar-refractivity contribution in [1.29, 1.82) is 0 Å². The maximum absolute atomic E-state index is 13.9. The van der Waals surface area contributed by atoms with Crippen LogP contribution >= 0.6 is 0 Å². The molecule has 5 rings (SSSR count). The summed E-state index contributed by atoms with van der Waals surface area (Å²) in [4.78, 5) is 13.9. The molecule has 0 heterocycles. The van der Waals surface area contributed by atoms with Gasteiger partial charge in [0.05, 0.1) is 0 Å². The van der Waals surface area contributed by atoms with E-state index >= 15 is 0 Å². The Bertz CT molecular complexity index is 820. The average molecular weight is 425 g/mol. The summed E-state index contributed by atoms with van der Waals surface area (Å²) < 4.78 is 0. The molecule has 174 valence electrons. The van der Waals surface area contributed by atoms with Crippen LogP contribution in [0.1, 0.15) is 113 Å². The van der Waals surface area contributed by atoms with Gasteiger partial charge in [-0.3, -0.25) is 4.79 Å². The summed E-state index contributed by atoms with van der Waals surface area (Å²) in [5.41, 5.74) is 2.82. The molecule has 0 aromatic rings. The van der Waals surface area contributed by atoms with Gasteiger partial charge in [-0.05, 0) is 103 Å². The van der Waals surface area contributed by atoms with Crippen LogP contribution in [0.3, 0.4) is 0 Å². The van der Waals surface area contributed by atoms with Crippen molar-refractivity contribution in [2.75, 3.05) is 0 Å². The molecule has 0 aliphatic heterocycles. The normalized spacial score (nSPS) is 55.9. The molecule has 0 N–H and O–H groups in total. The molecule has 0 radical (unpaired) electrons. The lowest BCUT2D eigenvalue weighted by molar-refractivity contribution is -0.234. The zero-order valence-corrected chi connectivity index (χ0v) is 21.7. The first-order valence-corrected chi connectivity index (χ1v) is 13.5. The van der Waals surface area contributed by atoms with Crippen molar-refractivity contribution in [3.8, 4) is 0 Å². The number of hydrogen-bond acceptors (Lipinski definition) is 1. The standard InChI is InChI=1S/C30H48O/c1-19-12-16-28(6)24(31)18-30(8)21(25(28)20(19)2)10-11-23-27(5)15-9-14-26(3,4)22(27)13-17-29(23,30)7/h12,20-23,25H,9-11,13-18H2,1-8H3. The van der Waals surface area contributed by atoms with E-state index in [4.69, 9.17) is 0 Å². The number of allylic oxidation sites excluding steroid dienone is 2. The van der Waals surface area contributed by atoms with Crippen LogP contribution in [0.2, 0.25) is 0 Å². The fourth-order valence-corrected chi connectivity index (χ4v) is 11.1. The highest BCUT2D eigenvalue weighted by Crippen LogP contribution is 2.76. The van der Waals surface area contributed by atoms with Gasteiger partial charge in [-0.1, -0.05) is 66.5 Å². The third-order valence-electron chi connectivity index (χ3n) is 13.1. The third-order valence-corrected chi connectivity index (χ3v) is 13.1. The zero-order chi connectivity index (χ0) is 22.6. The van der Waals surface area contributed by atoms with E-state index in [2.05, 4.69) is 61.5 Å². The minimum atomic E-state index is -0.125. The molecule has 9 atom stereocenters. The summed E-state index contributed by atoms with van der Waals surface area (Å²) in [5, 5.41) is 0. The van der Waals surface area contributed by atoms with Crippen molar-refractivity contribution in [3.63, 3.8) is 0 Å². The topological polar surface area (TPSA) is 17.1 Å². The van der Waals surface area contributed by atoms with Gasteiger partial charge in [0.25, 0.3) is 0 Å². The van der Waals surface area contributed by atoms with Gasteiger partial charge in [0, 0.05) is 11.8 Å². The second-order valence-electron chi connectivity index (χ2n) is 14.5. The SMILES string of the molecule is CC1=CCC2(C)C(=O)CC3(C)C(CCC4C5(C)CCCC(C)(C)C5CCC43C)C2C1C. The van der Waals surface area contributed by atoms with E-state index in [0.29, 0.717) is 39.8 Å². The zero-order valence-electron chi connectivity index (χ0n) is 21.7. The number of fused-ring (bicyclic) bond motifs is 7. The maximum atomic E-state index is 13.9. The minimum Gasteiger partial charge on any atom is -0.299 e. The fourth-order valence-electron chi connectivity index (χ4n) is 11.1. The van der Waals surface area contributed by atoms with Gasteiger partial charge in [-0.25, -0.2) is 0 Å². The van der Waals surface area contributed by atoms with Crippen LogP contribution in [-0.4, -0.2) is 5.78 Å². The van der Waals surface area contributed by atoms with Crippen molar-refractivity contribution in [2.24, 2.45) is 56.7 Å². The third kappa shape index (κ3) is 2.59. The molecule has 5 aliphatic rings. The van der Waals surface area contributed by atoms with Gasteiger partial charge in [-0.15, -0.1) is 0 Å². The Morgan fingerprint density at radius 3 is 2.29 bits per heavy atom. The molecule has 0 amide bonds. The van der Waals surface area contributed by atoms with Crippen LogP contribution in [0, 0.1) is 56.7 Å². The molecule has 31 heavy (non-hydrogen) atoms. The Morgan fingerprint density at radius 2 is 1.58 bits per heavy atom. The fraction of sp³-hybridized carbons (Fsp3) is 0.900. The van der Waals surface area contributed by atoms with Crippen molar-refractivity contribution >= 4 is 5.78 Å². The summed E-state index contributed by atoms with van der Waals surface area (Å²) in [6, 6.07) is 0. The monoisotopic (exact) mass is 424 g/mol. The quantitative estimate of drug-likeness (QED) is 0.358. The van der Waals surface area contributed by atoms with Gasteiger partial charge >= 0.3 is 0 Å². The van der Waals surface area contributed by atoms with Crippen LogP contribution in [-0.2, 0) is 4.79 Å². The number of rotatable bonds is 0. The molecule has 9 unspecified atom stereocenters. The molecule has 0 aromatic heterocycles. The number of carbonyl (C=O) groups is 1. The van der Waals surface area contributed by atoms with E-state index in [9.17, 15) is 4.79 Å². The lowest BCUT2D eigenvalue weighted by atomic mass is 9.31. The van der Waals surface area contributed by atoms with E-state index in [1.165, 1.54) is 50.5 Å². The molecular weight excluding hydrogens is 376 g/mol. The minimum absolute atomic E-state index is 0.125. The molecular formula is C30H48O. The summed E-state index contributed by atoms with van der Waals surface area (Å²) >= 11 is 0. The molecule has 4 fully saturated rings. The number of hydrogen-bond donors (Lipinski definition) is 0. The molecule has 4 saturated carbocycles. The summed E-state index contributed by atoms with van der Waals surface area (Å²) in [6.07, 6.45) is 13.9.